The largest absolute Gasteiger partial charge is 0.469 e. The zero-order valence-electron chi connectivity index (χ0n) is 6.75. The number of carbonyl (C=O) groups is 1. The minimum Gasteiger partial charge on any atom is -0.469 e. The maximum absolute atomic E-state index is 11.2. The van der Waals surface area contributed by atoms with Gasteiger partial charge in [0.05, 0.1) is 13.0 Å². The Morgan fingerprint density at radius 3 is 2.82 bits per heavy atom. The fourth-order valence-corrected chi connectivity index (χ4v) is 2.41. The second kappa shape index (κ2) is 2.50. The zero-order chi connectivity index (χ0) is 7.84. The highest BCUT2D eigenvalue weighted by atomic mass is 16.5. The summed E-state index contributed by atoms with van der Waals surface area (Å²) >= 11 is 0. The Balaban J connectivity index is 2.02. The third-order valence-corrected chi connectivity index (χ3v) is 2.97. The minimum absolute atomic E-state index is 0.0304. The zero-order valence-corrected chi connectivity index (χ0v) is 6.75. The molecule has 0 aromatic carbocycles. The van der Waals surface area contributed by atoms with E-state index in [0.29, 0.717) is 11.8 Å². The van der Waals surface area contributed by atoms with Gasteiger partial charge in [-0.1, -0.05) is 0 Å². The van der Waals surface area contributed by atoms with Crippen molar-refractivity contribution >= 4 is 5.97 Å². The van der Waals surface area contributed by atoms with Crippen LogP contribution >= 0.6 is 0 Å². The van der Waals surface area contributed by atoms with Crippen molar-refractivity contribution in [1.82, 2.24) is 0 Å². The molecule has 2 fully saturated rings. The van der Waals surface area contributed by atoms with Crippen LogP contribution in [0.5, 0.6) is 0 Å². The number of hydrogen-bond donors (Lipinski definition) is 0. The first-order valence-corrected chi connectivity index (χ1v) is 4.24. The van der Waals surface area contributed by atoms with Crippen LogP contribution in [-0.4, -0.2) is 13.1 Å². The SMILES string of the molecule is COC(=O)[C@@H]1[CH][C@H]2CC[C@@H]1C2. The molecule has 0 amide bonds. The van der Waals surface area contributed by atoms with Gasteiger partial charge in [-0.2, -0.15) is 0 Å². The first kappa shape index (κ1) is 7.14. The van der Waals surface area contributed by atoms with Gasteiger partial charge in [-0.15, -0.1) is 0 Å². The molecule has 0 saturated heterocycles. The van der Waals surface area contributed by atoms with Gasteiger partial charge in [0.1, 0.15) is 0 Å². The molecule has 0 heterocycles. The Kier molecular flexibility index (Phi) is 1.63. The van der Waals surface area contributed by atoms with E-state index in [1.54, 1.807) is 0 Å². The molecule has 1 radical (unpaired) electrons. The predicted octanol–water partition coefficient (Wildman–Crippen LogP) is 1.41. The molecule has 2 nitrogen and oxygen atoms in total. The lowest BCUT2D eigenvalue weighted by molar-refractivity contribution is -0.145. The van der Waals surface area contributed by atoms with Crippen LogP contribution in [0.4, 0.5) is 0 Å². The first-order valence-electron chi connectivity index (χ1n) is 4.24. The van der Waals surface area contributed by atoms with Crippen LogP contribution in [0.3, 0.4) is 0 Å². The van der Waals surface area contributed by atoms with Crippen molar-refractivity contribution in [2.75, 3.05) is 7.11 Å². The summed E-state index contributed by atoms with van der Waals surface area (Å²) in [5, 5.41) is 0. The van der Waals surface area contributed by atoms with Gasteiger partial charge in [0.15, 0.2) is 0 Å². The number of hydrogen-bond acceptors (Lipinski definition) is 2. The smallest absolute Gasteiger partial charge is 0.309 e. The third kappa shape index (κ3) is 1.05. The fraction of sp³-hybridized carbons (Fsp3) is 0.778. The quantitative estimate of drug-likeness (QED) is 0.532. The van der Waals surface area contributed by atoms with E-state index in [0.717, 1.165) is 0 Å². The van der Waals surface area contributed by atoms with E-state index in [9.17, 15) is 4.79 Å². The standard InChI is InChI=1S/C9H13O2/c1-11-9(10)8-5-6-2-3-7(8)4-6/h5-8H,2-4H2,1H3/t6-,7+,8+/m0/s1. The molecule has 0 aromatic rings. The molecule has 11 heavy (non-hydrogen) atoms. The fourth-order valence-electron chi connectivity index (χ4n) is 2.41. The molecule has 3 atom stereocenters. The third-order valence-electron chi connectivity index (χ3n) is 2.97. The Labute approximate surface area is 66.9 Å². The van der Waals surface area contributed by atoms with Gasteiger partial charge in [0.25, 0.3) is 0 Å². The van der Waals surface area contributed by atoms with E-state index in [1.165, 1.54) is 26.4 Å². The Morgan fingerprint density at radius 1 is 1.55 bits per heavy atom. The number of rotatable bonds is 1. The van der Waals surface area contributed by atoms with Crippen LogP contribution in [0.2, 0.25) is 0 Å². The first-order chi connectivity index (χ1) is 5.31. The van der Waals surface area contributed by atoms with E-state index in [1.807, 2.05) is 0 Å². The normalized spacial score (nSPS) is 41.0. The van der Waals surface area contributed by atoms with E-state index >= 15 is 0 Å². The molecule has 2 saturated carbocycles. The van der Waals surface area contributed by atoms with Crippen LogP contribution in [0.1, 0.15) is 19.3 Å². The summed E-state index contributed by atoms with van der Waals surface area (Å²) < 4.78 is 4.72. The number of fused-ring (bicyclic) bond motifs is 2. The van der Waals surface area contributed by atoms with E-state index in [4.69, 9.17) is 4.74 Å². The lowest BCUT2D eigenvalue weighted by Crippen LogP contribution is -2.22. The number of methoxy groups -OCH3 is 1. The second-order valence-corrected chi connectivity index (χ2v) is 3.57. The van der Waals surface area contributed by atoms with Crippen molar-refractivity contribution in [1.29, 1.82) is 0 Å². The van der Waals surface area contributed by atoms with Crippen LogP contribution < -0.4 is 0 Å². The van der Waals surface area contributed by atoms with Crippen LogP contribution in [0.25, 0.3) is 0 Å². The Hall–Kier alpha value is -0.530. The summed E-state index contributed by atoms with van der Waals surface area (Å²) in [4.78, 5) is 11.2. The topological polar surface area (TPSA) is 26.3 Å². The molecule has 61 valence electrons. The predicted molar refractivity (Wildman–Crippen MR) is 40.6 cm³/mol. The van der Waals surface area contributed by atoms with Crippen molar-refractivity contribution in [2.45, 2.75) is 19.3 Å². The summed E-state index contributed by atoms with van der Waals surface area (Å²) in [7, 11) is 1.47. The van der Waals surface area contributed by atoms with Crippen LogP contribution in [0, 0.1) is 24.2 Å². The second-order valence-electron chi connectivity index (χ2n) is 3.57. The van der Waals surface area contributed by atoms with Crippen molar-refractivity contribution in [3.8, 4) is 0 Å². The van der Waals surface area contributed by atoms with E-state index in [2.05, 4.69) is 6.42 Å². The lowest BCUT2D eigenvalue weighted by Gasteiger charge is -2.18. The van der Waals surface area contributed by atoms with Crippen molar-refractivity contribution in [3.63, 3.8) is 0 Å². The molecule has 0 unspecified atom stereocenters. The maximum atomic E-state index is 11.2. The van der Waals surface area contributed by atoms with Gasteiger partial charge >= 0.3 is 5.97 Å². The molecule has 0 aromatic heterocycles. The number of ether oxygens (including phenoxy) is 1. The minimum atomic E-state index is -0.0304. The van der Waals surface area contributed by atoms with Gasteiger partial charge in [0.2, 0.25) is 0 Å². The molecular weight excluding hydrogens is 140 g/mol. The highest BCUT2D eigenvalue weighted by Crippen LogP contribution is 2.47. The van der Waals surface area contributed by atoms with Gasteiger partial charge < -0.3 is 4.74 Å². The highest BCUT2D eigenvalue weighted by Gasteiger charge is 2.43. The summed E-state index contributed by atoms with van der Waals surface area (Å²) in [5.74, 6) is 1.41. The molecular formula is C9H13O2. The highest BCUT2D eigenvalue weighted by molar-refractivity contribution is 5.75. The van der Waals surface area contributed by atoms with Gasteiger partial charge in [-0.05, 0) is 37.5 Å². The Morgan fingerprint density at radius 2 is 2.36 bits per heavy atom. The molecule has 2 rings (SSSR count). The molecule has 2 aliphatic carbocycles. The summed E-state index contributed by atoms with van der Waals surface area (Å²) in [6, 6.07) is 0. The van der Waals surface area contributed by atoms with E-state index in [-0.39, 0.29) is 11.9 Å². The molecule has 0 N–H and O–H groups in total. The summed E-state index contributed by atoms with van der Waals surface area (Å²) in [5.41, 5.74) is 0. The average Bonchev–Trinajstić information content (AvgIpc) is 2.62. The van der Waals surface area contributed by atoms with Gasteiger partial charge in [0, 0.05) is 0 Å². The Bertz CT molecular complexity index is 176. The van der Waals surface area contributed by atoms with Crippen LogP contribution in [-0.2, 0) is 9.53 Å². The lowest BCUT2D eigenvalue weighted by atomic mass is 9.89. The molecule has 2 heteroatoms. The number of carbonyl (C=O) groups excluding carboxylic acids is 1. The molecule has 0 spiro atoms. The van der Waals surface area contributed by atoms with Crippen molar-refractivity contribution < 1.29 is 9.53 Å². The van der Waals surface area contributed by atoms with Gasteiger partial charge in [-0.25, -0.2) is 0 Å². The molecule has 0 aliphatic heterocycles. The summed E-state index contributed by atoms with van der Waals surface area (Å²) in [6.45, 7) is 0. The van der Waals surface area contributed by atoms with Gasteiger partial charge in [-0.3, -0.25) is 4.79 Å². The monoisotopic (exact) mass is 153 g/mol. The van der Waals surface area contributed by atoms with Crippen LogP contribution in [0.15, 0.2) is 0 Å². The average molecular weight is 153 g/mol. The number of esters is 1. The maximum Gasteiger partial charge on any atom is 0.309 e. The van der Waals surface area contributed by atoms with Crippen molar-refractivity contribution in [3.05, 3.63) is 6.42 Å². The van der Waals surface area contributed by atoms with Crippen molar-refractivity contribution in [2.24, 2.45) is 17.8 Å². The summed E-state index contributed by atoms with van der Waals surface area (Å²) in [6.07, 6.45) is 5.92. The molecule has 2 aliphatic rings. The molecule has 2 bridgehead atoms. The van der Waals surface area contributed by atoms with E-state index < -0.39 is 0 Å².